The van der Waals surface area contributed by atoms with Crippen LogP contribution in [0.4, 0.5) is 19.0 Å². The average molecular weight is 525 g/mol. The Labute approximate surface area is 215 Å². The SMILES string of the molecule is CC1=CC(c2cnc(C3CCCc4cc(C(=O)O)ccc43)s2)=NC(Nc2cc(C(F)(F)F)ccn2)=CC1. The van der Waals surface area contributed by atoms with Gasteiger partial charge in [0, 0.05) is 18.3 Å². The highest BCUT2D eigenvalue weighted by Crippen LogP contribution is 2.39. The molecule has 1 unspecified atom stereocenters. The minimum absolute atomic E-state index is 0.0632. The number of carbonyl (C=O) groups is 1. The van der Waals surface area contributed by atoms with E-state index in [0.717, 1.165) is 64.2 Å². The molecule has 3 aromatic rings. The van der Waals surface area contributed by atoms with Crippen molar-refractivity contribution in [2.75, 3.05) is 5.32 Å². The number of aliphatic imine (C=N–C) groups is 1. The number of pyridine rings is 1. The molecule has 0 radical (unpaired) electrons. The van der Waals surface area contributed by atoms with E-state index in [1.807, 2.05) is 25.1 Å². The molecule has 0 saturated carbocycles. The number of aromatic carboxylic acids is 1. The number of aryl methyl sites for hydroxylation is 1. The van der Waals surface area contributed by atoms with E-state index < -0.39 is 17.7 Å². The molecule has 1 aliphatic heterocycles. The van der Waals surface area contributed by atoms with Crippen molar-refractivity contribution in [3.63, 3.8) is 0 Å². The lowest BCUT2D eigenvalue weighted by Crippen LogP contribution is -2.12. The summed E-state index contributed by atoms with van der Waals surface area (Å²) < 4.78 is 39.3. The number of nitrogens with zero attached hydrogens (tertiary/aromatic N) is 3. The molecule has 190 valence electrons. The smallest absolute Gasteiger partial charge is 0.416 e. The number of anilines is 1. The molecule has 0 fully saturated rings. The van der Waals surface area contributed by atoms with Crippen molar-refractivity contribution < 1.29 is 23.1 Å². The van der Waals surface area contributed by atoms with Gasteiger partial charge in [0.15, 0.2) is 0 Å². The number of hydrogen-bond acceptors (Lipinski definition) is 6. The van der Waals surface area contributed by atoms with Gasteiger partial charge in [-0.25, -0.2) is 19.8 Å². The van der Waals surface area contributed by atoms with Crippen LogP contribution in [0.1, 0.15) is 69.0 Å². The molecular formula is C27H23F3N4O2S. The van der Waals surface area contributed by atoms with Crippen molar-refractivity contribution in [2.45, 2.75) is 44.7 Å². The summed E-state index contributed by atoms with van der Waals surface area (Å²) in [5, 5.41) is 13.2. The molecule has 6 nitrogen and oxygen atoms in total. The molecular weight excluding hydrogens is 501 g/mol. The third kappa shape index (κ3) is 5.48. The van der Waals surface area contributed by atoms with Crippen LogP contribution in [-0.2, 0) is 12.6 Å². The minimum Gasteiger partial charge on any atom is -0.478 e. The van der Waals surface area contributed by atoms with Gasteiger partial charge in [-0.05, 0) is 80.2 Å². The van der Waals surface area contributed by atoms with E-state index in [9.17, 15) is 23.1 Å². The quantitative estimate of drug-likeness (QED) is 0.383. The van der Waals surface area contributed by atoms with Crippen LogP contribution < -0.4 is 5.32 Å². The Balaban J connectivity index is 1.42. The summed E-state index contributed by atoms with van der Waals surface area (Å²) in [6, 6.07) is 7.17. The van der Waals surface area contributed by atoms with Gasteiger partial charge in [-0.2, -0.15) is 13.2 Å². The number of thiazole rings is 1. The van der Waals surface area contributed by atoms with Crippen LogP contribution in [0.2, 0.25) is 0 Å². The second kappa shape index (κ2) is 9.93. The first-order valence-electron chi connectivity index (χ1n) is 11.8. The second-order valence-electron chi connectivity index (χ2n) is 9.06. The Hall–Kier alpha value is -3.79. The zero-order valence-electron chi connectivity index (χ0n) is 19.8. The van der Waals surface area contributed by atoms with Gasteiger partial charge in [-0.1, -0.05) is 11.6 Å². The van der Waals surface area contributed by atoms with Gasteiger partial charge in [0.05, 0.1) is 21.7 Å². The number of rotatable bonds is 5. The second-order valence-corrected chi connectivity index (χ2v) is 10.1. The number of fused-ring (bicyclic) bond motifs is 1. The molecule has 3 heterocycles. The van der Waals surface area contributed by atoms with Gasteiger partial charge in [0.1, 0.15) is 16.6 Å². The topological polar surface area (TPSA) is 87.5 Å². The largest absolute Gasteiger partial charge is 0.478 e. The standard InChI is InChI=1S/C27H23F3N4O2S/c1-15-5-8-23(34-24-13-18(9-10-31-24)27(28,29)30)33-21(11-15)22-14-32-25(37-22)20-4-2-3-16-12-17(26(35)36)6-7-19(16)20/h6-14,20H,2-5H2,1H3,(H,31,34)(H,35,36). The maximum Gasteiger partial charge on any atom is 0.416 e. The highest BCUT2D eigenvalue weighted by atomic mass is 32.1. The predicted octanol–water partition coefficient (Wildman–Crippen LogP) is 6.82. The fraction of sp³-hybridized carbons (Fsp3) is 0.259. The maximum absolute atomic E-state index is 13.1. The van der Waals surface area contributed by atoms with Crippen molar-refractivity contribution in [2.24, 2.45) is 4.99 Å². The Kier molecular flexibility index (Phi) is 6.68. The molecule has 0 spiro atoms. The molecule has 1 atom stereocenters. The Morgan fingerprint density at radius 2 is 2.03 bits per heavy atom. The molecule has 1 aliphatic carbocycles. The van der Waals surface area contributed by atoms with Crippen molar-refractivity contribution in [1.82, 2.24) is 9.97 Å². The molecule has 5 rings (SSSR count). The lowest BCUT2D eigenvalue weighted by molar-refractivity contribution is -0.137. The van der Waals surface area contributed by atoms with E-state index in [-0.39, 0.29) is 17.3 Å². The number of carboxylic acids is 1. The fourth-order valence-electron chi connectivity index (χ4n) is 4.54. The summed E-state index contributed by atoms with van der Waals surface area (Å²) in [5.41, 5.74) is 3.36. The van der Waals surface area contributed by atoms with Gasteiger partial charge in [-0.15, -0.1) is 11.3 Å². The highest BCUT2D eigenvalue weighted by Gasteiger charge is 2.31. The molecule has 2 N–H and O–H groups in total. The maximum atomic E-state index is 13.1. The fourth-order valence-corrected chi connectivity index (χ4v) is 5.57. The van der Waals surface area contributed by atoms with Gasteiger partial charge in [-0.3, -0.25) is 0 Å². The predicted molar refractivity (Wildman–Crippen MR) is 136 cm³/mol. The average Bonchev–Trinajstić information content (AvgIpc) is 3.28. The first kappa shape index (κ1) is 24.9. The van der Waals surface area contributed by atoms with E-state index in [1.165, 1.54) is 11.3 Å². The lowest BCUT2D eigenvalue weighted by Gasteiger charge is -2.24. The molecule has 37 heavy (non-hydrogen) atoms. The number of aromatic nitrogens is 2. The number of benzene rings is 1. The molecule has 10 heteroatoms. The van der Waals surface area contributed by atoms with Crippen LogP contribution in [0.15, 0.2) is 71.3 Å². The van der Waals surface area contributed by atoms with Crippen LogP contribution in [0.3, 0.4) is 0 Å². The van der Waals surface area contributed by atoms with Gasteiger partial charge < -0.3 is 10.4 Å². The van der Waals surface area contributed by atoms with Crippen LogP contribution in [-0.4, -0.2) is 26.8 Å². The number of halogens is 3. The van der Waals surface area contributed by atoms with Crippen LogP contribution >= 0.6 is 11.3 Å². The van der Waals surface area contributed by atoms with Crippen molar-refractivity contribution in [1.29, 1.82) is 0 Å². The van der Waals surface area contributed by atoms with Gasteiger partial charge in [0.25, 0.3) is 0 Å². The molecule has 0 bridgehead atoms. The number of allylic oxidation sites excluding steroid dienone is 3. The van der Waals surface area contributed by atoms with E-state index in [0.29, 0.717) is 18.0 Å². The zero-order valence-corrected chi connectivity index (χ0v) is 20.7. The Morgan fingerprint density at radius 1 is 1.19 bits per heavy atom. The molecule has 0 amide bonds. The zero-order chi connectivity index (χ0) is 26.2. The van der Waals surface area contributed by atoms with Crippen molar-refractivity contribution in [3.8, 4) is 0 Å². The van der Waals surface area contributed by atoms with Gasteiger partial charge in [0.2, 0.25) is 0 Å². The summed E-state index contributed by atoms with van der Waals surface area (Å²) in [4.78, 5) is 25.6. The van der Waals surface area contributed by atoms with Gasteiger partial charge >= 0.3 is 12.1 Å². The normalized spacial score (nSPS) is 17.7. The van der Waals surface area contributed by atoms with E-state index in [1.54, 1.807) is 18.3 Å². The third-order valence-electron chi connectivity index (χ3n) is 6.36. The van der Waals surface area contributed by atoms with Crippen LogP contribution in [0.5, 0.6) is 0 Å². The third-order valence-corrected chi connectivity index (χ3v) is 7.50. The summed E-state index contributed by atoms with van der Waals surface area (Å²) >= 11 is 1.52. The number of hydrogen-bond donors (Lipinski definition) is 2. The lowest BCUT2D eigenvalue weighted by atomic mass is 9.82. The minimum atomic E-state index is -4.46. The van der Waals surface area contributed by atoms with Crippen LogP contribution in [0, 0.1) is 0 Å². The van der Waals surface area contributed by atoms with E-state index >= 15 is 0 Å². The number of nitrogens with one attached hydrogen (secondary N) is 1. The molecule has 2 aromatic heterocycles. The van der Waals surface area contributed by atoms with E-state index in [4.69, 9.17) is 4.99 Å². The summed E-state index contributed by atoms with van der Waals surface area (Å²) in [6.07, 6.45) is 5.48. The summed E-state index contributed by atoms with van der Waals surface area (Å²) in [7, 11) is 0. The van der Waals surface area contributed by atoms with Crippen molar-refractivity contribution >= 4 is 28.8 Å². The summed E-state index contributed by atoms with van der Waals surface area (Å²) in [6.45, 7) is 1.97. The Morgan fingerprint density at radius 3 is 2.81 bits per heavy atom. The molecule has 0 saturated heterocycles. The van der Waals surface area contributed by atoms with Crippen LogP contribution in [0.25, 0.3) is 0 Å². The summed E-state index contributed by atoms with van der Waals surface area (Å²) in [5.74, 6) is -0.389. The molecule has 1 aromatic carbocycles. The number of alkyl halides is 3. The van der Waals surface area contributed by atoms with Crippen molar-refractivity contribution in [3.05, 3.63) is 98.4 Å². The monoisotopic (exact) mass is 524 g/mol. The molecule has 2 aliphatic rings. The highest BCUT2D eigenvalue weighted by molar-refractivity contribution is 7.14. The Bertz CT molecular complexity index is 1460. The first-order valence-corrected chi connectivity index (χ1v) is 12.6. The number of carboxylic acid groups (broad SMARTS) is 1. The van der Waals surface area contributed by atoms with E-state index in [2.05, 4.69) is 15.3 Å². The first-order chi connectivity index (χ1) is 17.7.